The van der Waals surface area contributed by atoms with Crippen molar-refractivity contribution in [2.24, 2.45) is 0 Å². The third kappa shape index (κ3) is 3.85. The predicted octanol–water partition coefficient (Wildman–Crippen LogP) is 2.23. The minimum Gasteiger partial charge on any atom is -0.384 e. The van der Waals surface area contributed by atoms with Crippen molar-refractivity contribution >= 4 is 15.5 Å². The molecule has 0 atom stereocenters. The van der Waals surface area contributed by atoms with Crippen LogP contribution < -0.4 is 5.32 Å². The van der Waals surface area contributed by atoms with E-state index in [1.807, 2.05) is 31.2 Å². The van der Waals surface area contributed by atoms with Crippen LogP contribution >= 0.6 is 0 Å². The number of nitrogens with one attached hydrogen (secondary N) is 1. The van der Waals surface area contributed by atoms with E-state index in [1.54, 1.807) is 13.8 Å². The fourth-order valence-corrected chi connectivity index (χ4v) is 2.19. The van der Waals surface area contributed by atoms with Gasteiger partial charge in [-0.3, -0.25) is 0 Å². The van der Waals surface area contributed by atoms with Gasteiger partial charge < -0.3 is 5.32 Å². The van der Waals surface area contributed by atoms with Gasteiger partial charge in [0, 0.05) is 12.2 Å². The van der Waals surface area contributed by atoms with Gasteiger partial charge in [0.1, 0.15) is 0 Å². The molecule has 0 saturated heterocycles. The van der Waals surface area contributed by atoms with Gasteiger partial charge in [-0.1, -0.05) is 12.1 Å². The summed E-state index contributed by atoms with van der Waals surface area (Å²) in [5, 5.41) is 2.82. The maximum atomic E-state index is 11.5. The average Bonchev–Trinajstić information content (AvgIpc) is 2.17. The van der Waals surface area contributed by atoms with Crippen LogP contribution in [0.5, 0.6) is 0 Å². The van der Waals surface area contributed by atoms with Crippen molar-refractivity contribution < 1.29 is 8.42 Å². The smallest absolute Gasteiger partial charge is 0.154 e. The average molecular weight is 241 g/mol. The van der Waals surface area contributed by atoms with Crippen LogP contribution in [-0.2, 0) is 9.84 Å². The maximum absolute atomic E-state index is 11.5. The van der Waals surface area contributed by atoms with Gasteiger partial charge in [-0.25, -0.2) is 8.42 Å². The van der Waals surface area contributed by atoms with Crippen LogP contribution in [0.25, 0.3) is 0 Å². The highest BCUT2D eigenvalue weighted by molar-refractivity contribution is 7.92. The van der Waals surface area contributed by atoms with Crippen LogP contribution in [0.3, 0.4) is 0 Å². The lowest BCUT2D eigenvalue weighted by molar-refractivity contribution is 0.588. The molecule has 3 nitrogen and oxygen atoms in total. The first-order valence-corrected chi connectivity index (χ1v) is 7.15. The van der Waals surface area contributed by atoms with Gasteiger partial charge in [-0.15, -0.1) is 0 Å². The minimum absolute atomic E-state index is 0.179. The fraction of sp³-hybridized carbons (Fsp3) is 0.500. The summed E-state index contributed by atoms with van der Waals surface area (Å²) in [6, 6.07) is 7.90. The second-order valence-corrected chi connectivity index (χ2v) is 6.89. The summed E-state index contributed by atoms with van der Waals surface area (Å²) in [7, 11) is -2.94. The van der Waals surface area contributed by atoms with Gasteiger partial charge in [0.05, 0.1) is 11.0 Å². The first-order chi connectivity index (χ1) is 7.42. The summed E-state index contributed by atoms with van der Waals surface area (Å²) >= 11 is 0. The van der Waals surface area contributed by atoms with Crippen LogP contribution in [0.1, 0.15) is 19.4 Å². The second kappa shape index (κ2) is 5.34. The summed E-state index contributed by atoms with van der Waals surface area (Å²) < 4.78 is 23.1. The minimum atomic E-state index is -2.94. The molecule has 1 aromatic rings. The van der Waals surface area contributed by atoms with Crippen LogP contribution in [0, 0.1) is 6.92 Å². The normalized spacial score (nSPS) is 11.8. The molecule has 0 bridgehead atoms. The molecule has 0 aromatic heterocycles. The molecule has 0 radical (unpaired) electrons. The summed E-state index contributed by atoms with van der Waals surface area (Å²) in [5.41, 5.74) is 2.13. The summed E-state index contributed by atoms with van der Waals surface area (Å²) in [5.74, 6) is 0.179. The van der Waals surface area contributed by atoms with Crippen LogP contribution in [0.15, 0.2) is 24.3 Å². The highest BCUT2D eigenvalue weighted by Gasteiger charge is 2.14. The number of hydrogen-bond acceptors (Lipinski definition) is 3. The van der Waals surface area contributed by atoms with E-state index in [4.69, 9.17) is 0 Å². The Labute approximate surface area is 97.8 Å². The molecule has 4 heteroatoms. The topological polar surface area (TPSA) is 46.2 Å². The number of anilines is 1. The van der Waals surface area contributed by atoms with E-state index in [2.05, 4.69) is 5.32 Å². The van der Waals surface area contributed by atoms with Gasteiger partial charge in [-0.05, 0) is 38.5 Å². The molecule has 1 aromatic carbocycles. The molecule has 0 aliphatic carbocycles. The molecule has 1 rings (SSSR count). The number of rotatable bonds is 5. The lowest BCUT2D eigenvalue weighted by Gasteiger charge is -2.09. The predicted molar refractivity (Wildman–Crippen MR) is 68.6 cm³/mol. The molecule has 0 aliphatic heterocycles. The zero-order valence-corrected chi connectivity index (χ0v) is 10.8. The summed E-state index contributed by atoms with van der Waals surface area (Å²) in [6.45, 7) is 5.89. The quantitative estimate of drug-likeness (QED) is 0.860. The Hall–Kier alpha value is -1.03. The van der Waals surface area contributed by atoms with Crippen molar-refractivity contribution in [2.75, 3.05) is 17.6 Å². The van der Waals surface area contributed by atoms with Crippen LogP contribution in [0.4, 0.5) is 5.69 Å². The molecule has 0 amide bonds. The molecule has 0 spiro atoms. The van der Waals surface area contributed by atoms with E-state index in [0.717, 1.165) is 11.3 Å². The largest absolute Gasteiger partial charge is 0.384 e. The van der Waals surface area contributed by atoms with Gasteiger partial charge in [-0.2, -0.15) is 0 Å². The maximum Gasteiger partial charge on any atom is 0.154 e. The van der Waals surface area contributed by atoms with Crippen LogP contribution in [0.2, 0.25) is 0 Å². The Balaban J connectivity index is 2.48. The number of sulfone groups is 1. The molecule has 16 heavy (non-hydrogen) atoms. The van der Waals surface area contributed by atoms with Gasteiger partial charge in [0.15, 0.2) is 9.84 Å². The van der Waals surface area contributed by atoms with Crippen molar-refractivity contribution in [1.82, 2.24) is 0 Å². The van der Waals surface area contributed by atoms with E-state index < -0.39 is 9.84 Å². The van der Waals surface area contributed by atoms with E-state index in [0.29, 0.717) is 6.54 Å². The lowest BCUT2D eigenvalue weighted by Crippen LogP contribution is -2.22. The lowest BCUT2D eigenvalue weighted by atomic mass is 10.2. The van der Waals surface area contributed by atoms with Crippen molar-refractivity contribution in [2.45, 2.75) is 26.0 Å². The SMILES string of the molecule is Cc1cccc(NCCS(=O)(=O)C(C)C)c1. The van der Waals surface area contributed by atoms with Crippen molar-refractivity contribution in [3.8, 4) is 0 Å². The third-order valence-corrected chi connectivity index (χ3v) is 4.66. The molecule has 0 heterocycles. The zero-order chi connectivity index (χ0) is 12.2. The Bertz CT molecular complexity index is 438. The first-order valence-electron chi connectivity index (χ1n) is 5.44. The van der Waals surface area contributed by atoms with E-state index >= 15 is 0 Å². The van der Waals surface area contributed by atoms with Crippen molar-refractivity contribution in [1.29, 1.82) is 0 Å². The fourth-order valence-electron chi connectivity index (χ4n) is 1.33. The monoisotopic (exact) mass is 241 g/mol. The molecular weight excluding hydrogens is 222 g/mol. The van der Waals surface area contributed by atoms with E-state index in [1.165, 1.54) is 0 Å². The molecule has 0 aliphatic rings. The molecule has 0 fully saturated rings. The first kappa shape index (κ1) is 13.0. The Morgan fingerprint density at radius 3 is 2.56 bits per heavy atom. The third-order valence-electron chi connectivity index (χ3n) is 2.45. The highest BCUT2D eigenvalue weighted by atomic mass is 32.2. The molecule has 90 valence electrons. The molecular formula is C12H19NO2S. The van der Waals surface area contributed by atoms with Gasteiger partial charge >= 0.3 is 0 Å². The Morgan fingerprint density at radius 2 is 2.00 bits per heavy atom. The molecule has 1 N–H and O–H groups in total. The number of aryl methyl sites for hydroxylation is 1. The molecule has 0 saturated carbocycles. The second-order valence-electron chi connectivity index (χ2n) is 4.21. The van der Waals surface area contributed by atoms with Gasteiger partial charge in [0.25, 0.3) is 0 Å². The summed E-state index contributed by atoms with van der Waals surface area (Å²) in [4.78, 5) is 0. The summed E-state index contributed by atoms with van der Waals surface area (Å²) in [6.07, 6.45) is 0. The van der Waals surface area contributed by atoms with E-state index in [-0.39, 0.29) is 11.0 Å². The van der Waals surface area contributed by atoms with Crippen molar-refractivity contribution in [3.63, 3.8) is 0 Å². The van der Waals surface area contributed by atoms with Crippen LogP contribution in [-0.4, -0.2) is 26.0 Å². The Kier molecular flexibility index (Phi) is 4.35. The number of benzene rings is 1. The highest BCUT2D eigenvalue weighted by Crippen LogP contribution is 2.09. The number of hydrogen-bond donors (Lipinski definition) is 1. The zero-order valence-electron chi connectivity index (χ0n) is 10.0. The van der Waals surface area contributed by atoms with Crippen molar-refractivity contribution in [3.05, 3.63) is 29.8 Å². The standard InChI is InChI=1S/C12H19NO2S/c1-10(2)16(14,15)8-7-13-12-6-4-5-11(3)9-12/h4-6,9-10,13H,7-8H2,1-3H3. The Morgan fingerprint density at radius 1 is 1.31 bits per heavy atom. The van der Waals surface area contributed by atoms with Gasteiger partial charge in [0.2, 0.25) is 0 Å². The van der Waals surface area contributed by atoms with E-state index in [9.17, 15) is 8.42 Å². The molecule has 0 unspecified atom stereocenters.